The number of carbonyl (C=O) groups excluding carboxylic acids is 1. The van der Waals surface area contributed by atoms with Gasteiger partial charge in [0.15, 0.2) is 0 Å². The summed E-state index contributed by atoms with van der Waals surface area (Å²) in [5.41, 5.74) is 2.41. The third-order valence-electron chi connectivity index (χ3n) is 5.00. The van der Waals surface area contributed by atoms with Gasteiger partial charge < -0.3 is 5.32 Å². The van der Waals surface area contributed by atoms with Crippen LogP contribution in [0, 0.1) is 0 Å². The Bertz CT molecular complexity index is 1100. The van der Waals surface area contributed by atoms with E-state index in [2.05, 4.69) is 15.3 Å². The molecule has 1 aliphatic rings. The fourth-order valence-corrected chi connectivity index (χ4v) is 5.06. The summed E-state index contributed by atoms with van der Waals surface area (Å²) in [6.45, 7) is 1.19. The molecule has 0 saturated carbocycles. The molecule has 0 atom stereocenters. The van der Waals surface area contributed by atoms with E-state index >= 15 is 0 Å². The van der Waals surface area contributed by atoms with E-state index in [0.29, 0.717) is 31.0 Å². The first-order valence-corrected chi connectivity index (χ1v) is 11.3. The van der Waals surface area contributed by atoms with Gasteiger partial charge in [-0.15, -0.1) is 0 Å². The second-order valence-corrected chi connectivity index (χ2v) is 9.17. The third-order valence-corrected chi connectivity index (χ3v) is 6.95. The van der Waals surface area contributed by atoms with E-state index in [1.54, 1.807) is 18.6 Å². The standard InChI is InChI=1S/C20H23N5O3S/c26-20(8-5-13-29(27,28)24-11-3-4-12-24)23-16-9-10-19(21-14-16)25-15-22-17-6-1-2-7-18(17)25/h1-2,6-7,9-10,14-15H,3-5,8,11-13H2,(H,23,26). The number of nitrogens with one attached hydrogen (secondary N) is 1. The molecule has 2 aromatic heterocycles. The van der Waals surface area contributed by atoms with E-state index in [-0.39, 0.29) is 18.1 Å². The van der Waals surface area contributed by atoms with Crippen molar-refractivity contribution in [2.75, 3.05) is 24.2 Å². The second-order valence-electron chi connectivity index (χ2n) is 7.08. The Morgan fingerprint density at radius 1 is 1.07 bits per heavy atom. The van der Waals surface area contributed by atoms with Crippen molar-refractivity contribution < 1.29 is 13.2 Å². The lowest BCUT2D eigenvalue weighted by Crippen LogP contribution is -2.30. The van der Waals surface area contributed by atoms with Gasteiger partial charge in [-0.2, -0.15) is 0 Å². The smallest absolute Gasteiger partial charge is 0.224 e. The highest BCUT2D eigenvalue weighted by Crippen LogP contribution is 2.18. The largest absolute Gasteiger partial charge is 0.325 e. The predicted molar refractivity (Wildman–Crippen MR) is 111 cm³/mol. The minimum absolute atomic E-state index is 0.00527. The molecule has 29 heavy (non-hydrogen) atoms. The fourth-order valence-electron chi connectivity index (χ4n) is 3.48. The molecule has 0 bridgehead atoms. The van der Waals surface area contributed by atoms with E-state index < -0.39 is 10.0 Å². The fraction of sp³-hybridized carbons (Fsp3) is 0.350. The number of carbonyl (C=O) groups is 1. The van der Waals surface area contributed by atoms with Gasteiger partial charge in [-0.25, -0.2) is 22.7 Å². The van der Waals surface area contributed by atoms with Gasteiger partial charge in [0.05, 0.1) is 28.7 Å². The third kappa shape index (κ3) is 4.46. The maximum atomic E-state index is 12.2. The van der Waals surface area contributed by atoms with Crippen molar-refractivity contribution in [1.29, 1.82) is 0 Å². The number of amides is 1. The number of hydrogen-bond acceptors (Lipinski definition) is 5. The van der Waals surface area contributed by atoms with E-state index in [4.69, 9.17) is 0 Å². The zero-order chi connectivity index (χ0) is 20.3. The number of aromatic nitrogens is 3. The van der Waals surface area contributed by atoms with Crippen LogP contribution in [-0.2, 0) is 14.8 Å². The number of rotatable bonds is 7. The summed E-state index contributed by atoms with van der Waals surface area (Å²) >= 11 is 0. The molecule has 1 N–H and O–H groups in total. The van der Waals surface area contributed by atoms with Gasteiger partial charge in [-0.05, 0) is 43.5 Å². The van der Waals surface area contributed by atoms with Crippen LogP contribution < -0.4 is 5.32 Å². The summed E-state index contributed by atoms with van der Waals surface area (Å²) in [6, 6.07) is 11.4. The highest BCUT2D eigenvalue weighted by Gasteiger charge is 2.24. The van der Waals surface area contributed by atoms with Crippen molar-refractivity contribution in [1.82, 2.24) is 18.8 Å². The molecule has 152 valence electrons. The summed E-state index contributed by atoms with van der Waals surface area (Å²) in [6.07, 6.45) is 5.59. The molecule has 0 aliphatic carbocycles. The molecule has 4 rings (SSSR count). The molecular formula is C20H23N5O3S. The van der Waals surface area contributed by atoms with E-state index in [1.165, 1.54) is 4.31 Å². The van der Waals surface area contributed by atoms with Crippen LogP contribution in [0.15, 0.2) is 48.9 Å². The molecule has 1 saturated heterocycles. The maximum absolute atomic E-state index is 12.2. The van der Waals surface area contributed by atoms with Crippen LogP contribution in [0.4, 0.5) is 5.69 Å². The Hall–Kier alpha value is -2.78. The van der Waals surface area contributed by atoms with Crippen LogP contribution in [0.1, 0.15) is 25.7 Å². The minimum Gasteiger partial charge on any atom is -0.325 e. The minimum atomic E-state index is -3.24. The highest BCUT2D eigenvalue weighted by atomic mass is 32.2. The molecule has 9 heteroatoms. The lowest BCUT2D eigenvalue weighted by atomic mass is 10.3. The summed E-state index contributed by atoms with van der Waals surface area (Å²) in [4.78, 5) is 20.9. The Morgan fingerprint density at radius 3 is 2.62 bits per heavy atom. The summed E-state index contributed by atoms with van der Waals surface area (Å²) < 4.78 is 27.8. The lowest BCUT2D eigenvalue weighted by molar-refractivity contribution is -0.116. The van der Waals surface area contributed by atoms with Crippen LogP contribution in [0.25, 0.3) is 16.9 Å². The van der Waals surface area contributed by atoms with Crippen molar-refractivity contribution in [2.45, 2.75) is 25.7 Å². The number of para-hydroxylation sites is 2. The second kappa shape index (κ2) is 8.30. The molecule has 0 unspecified atom stereocenters. The van der Waals surface area contributed by atoms with Gasteiger partial charge in [0.25, 0.3) is 0 Å². The van der Waals surface area contributed by atoms with Crippen LogP contribution in [0.5, 0.6) is 0 Å². The van der Waals surface area contributed by atoms with Crippen molar-refractivity contribution in [3.63, 3.8) is 0 Å². The first-order valence-electron chi connectivity index (χ1n) is 9.69. The average Bonchev–Trinajstić information content (AvgIpc) is 3.39. The normalized spacial score (nSPS) is 15.0. The van der Waals surface area contributed by atoms with Gasteiger partial charge in [0, 0.05) is 19.5 Å². The van der Waals surface area contributed by atoms with Gasteiger partial charge in [0.2, 0.25) is 15.9 Å². The Labute approximate surface area is 169 Å². The molecule has 3 aromatic rings. The lowest BCUT2D eigenvalue weighted by Gasteiger charge is -2.15. The number of imidazole rings is 1. The highest BCUT2D eigenvalue weighted by molar-refractivity contribution is 7.89. The van der Waals surface area contributed by atoms with Crippen molar-refractivity contribution in [3.05, 3.63) is 48.9 Å². The Balaban J connectivity index is 1.32. The Kier molecular flexibility index (Phi) is 5.59. The SMILES string of the molecule is O=C(CCCS(=O)(=O)N1CCCC1)Nc1ccc(-n2cnc3ccccc32)nc1. The number of hydrogen-bond donors (Lipinski definition) is 1. The van der Waals surface area contributed by atoms with Crippen molar-refractivity contribution >= 4 is 32.7 Å². The number of nitrogens with zero attached hydrogens (tertiary/aromatic N) is 4. The molecule has 1 aliphatic heterocycles. The average molecular weight is 414 g/mol. The molecular weight excluding hydrogens is 390 g/mol. The van der Waals surface area contributed by atoms with Gasteiger partial charge >= 0.3 is 0 Å². The number of sulfonamides is 1. The topological polar surface area (TPSA) is 97.2 Å². The molecule has 0 spiro atoms. The van der Waals surface area contributed by atoms with Crippen LogP contribution >= 0.6 is 0 Å². The Morgan fingerprint density at radius 2 is 1.86 bits per heavy atom. The molecule has 1 amide bonds. The first-order chi connectivity index (χ1) is 14.0. The summed E-state index contributed by atoms with van der Waals surface area (Å²) in [7, 11) is -3.24. The quantitative estimate of drug-likeness (QED) is 0.642. The van der Waals surface area contributed by atoms with E-state index in [9.17, 15) is 13.2 Å². The summed E-state index contributed by atoms with van der Waals surface area (Å²) in [5.74, 6) is 0.489. The zero-order valence-electron chi connectivity index (χ0n) is 16.0. The number of benzene rings is 1. The van der Waals surface area contributed by atoms with Crippen LogP contribution in [-0.4, -0.2) is 52.0 Å². The molecule has 1 aromatic carbocycles. The van der Waals surface area contributed by atoms with Crippen molar-refractivity contribution in [3.8, 4) is 5.82 Å². The molecule has 1 fully saturated rings. The number of pyridine rings is 1. The van der Waals surface area contributed by atoms with Crippen LogP contribution in [0.2, 0.25) is 0 Å². The van der Waals surface area contributed by atoms with E-state index in [0.717, 1.165) is 23.9 Å². The van der Waals surface area contributed by atoms with Crippen molar-refractivity contribution in [2.24, 2.45) is 0 Å². The molecule has 0 radical (unpaired) electrons. The van der Waals surface area contributed by atoms with Gasteiger partial charge in [-0.1, -0.05) is 12.1 Å². The molecule has 8 nitrogen and oxygen atoms in total. The predicted octanol–water partition coefficient (Wildman–Crippen LogP) is 2.56. The van der Waals surface area contributed by atoms with Gasteiger partial charge in [-0.3, -0.25) is 9.36 Å². The molecule has 3 heterocycles. The first kappa shape index (κ1) is 19.5. The monoisotopic (exact) mass is 413 g/mol. The summed E-state index contributed by atoms with van der Waals surface area (Å²) in [5, 5.41) is 2.77. The van der Waals surface area contributed by atoms with Crippen LogP contribution in [0.3, 0.4) is 0 Å². The number of fused-ring (bicyclic) bond motifs is 1. The van der Waals surface area contributed by atoms with E-state index in [1.807, 2.05) is 34.9 Å². The number of anilines is 1. The van der Waals surface area contributed by atoms with Gasteiger partial charge in [0.1, 0.15) is 12.1 Å². The zero-order valence-corrected chi connectivity index (χ0v) is 16.8. The maximum Gasteiger partial charge on any atom is 0.224 e.